The van der Waals surface area contributed by atoms with Crippen LogP contribution in [0.3, 0.4) is 0 Å². The number of rotatable bonds is 6. The molecule has 106 valence electrons. The molecule has 1 heterocycles. The highest BCUT2D eigenvalue weighted by atomic mass is 16.5. The highest BCUT2D eigenvalue weighted by molar-refractivity contribution is 4.92. The van der Waals surface area contributed by atoms with E-state index in [1.165, 1.54) is 32.5 Å². The van der Waals surface area contributed by atoms with Gasteiger partial charge >= 0.3 is 0 Å². The van der Waals surface area contributed by atoms with E-state index in [4.69, 9.17) is 4.74 Å². The maximum atomic E-state index is 5.41. The minimum absolute atomic E-state index is 0.518. The Labute approximate surface area is 112 Å². The summed E-state index contributed by atoms with van der Waals surface area (Å²) in [6.45, 7) is 13.1. The van der Waals surface area contributed by atoms with Crippen molar-refractivity contribution in [2.45, 2.75) is 64.8 Å². The molecule has 0 unspecified atom stereocenters. The lowest BCUT2D eigenvalue weighted by Gasteiger charge is -2.49. The molecule has 3 heteroatoms. The number of ether oxygens (including phenoxy) is 1. The average molecular weight is 254 g/mol. The molecule has 0 N–H and O–H groups in total. The van der Waals surface area contributed by atoms with Gasteiger partial charge in [-0.3, -0.25) is 4.90 Å². The fraction of sp³-hybridized carbons (Fsp3) is 1.00. The van der Waals surface area contributed by atoms with E-state index in [0.717, 1.165) is 18.0 Å². The van der Waals surface area contributed by atoms with Gasteiger partial charge in [0.25, 0.3) is 0 Å². The van der Waals surface area contributed by atoms with Gasteiger partial charge < -0.3 is 9.64 Å². The number of hydrogen-bond donors (Lipinski definition) is 0. The van der Waals surface area contributed by atoms with Gasteiger partial charge in [0.05, 0.1) is 6.10 Å². The van der Waals surface area contributed by atoms with Gasteiger partial charge in [-0.1, -0.05) is 0 Å². The lowest BCUT2D eigenvalue weighted by Crippen LogP contribution is -2.58. The van der Waals surface area contributed by atoms with Crippen molar-refractivity contribution in [2.75, 3.05) is 26.7 Å². The maximum Gasteiger partial charge on any atom is 0.0601 e. The van der Waals surface area contributed by atoms with Gasteiger partial charge in [-0.05, 0) is 46.5 Å². The summed E-state index contributed by atoms with van der Waals surface area (Å²) in [4.78, 5) is 5.28. The lowest BCUT2D eigenvalue weighted by molar-refractivity contribution is -0.0547. The van der Waals surface area contributed by atoms with Crippen LogP contribution >= 0.6 is 0 Å². The van der Waals surface area contributed by atoms with Gasteiger partial charge in [-0.2, -0.15) is 0 Å². The molecule has 1 saturated carbocycles. The summed E-state index contributed by atoms with van der Waals surface area (Å²) >= 11 is 0. The molecule has 1 aliphatic heterocycles. The van der Waals surface area contributed by atoms with Crippen LogP contribution in [0.4, 0.5) is 0 Å². The van der Waals surface area contributed by atoms with Crippen LogP contribution in [0.5, 0.6) is 0 Å². The Bertz CT molecular complexity index is 255. The first-order valence-electron chi connectivity index (χ1n) is 7.53. The molecular weight excluding hydrogens is 224 g/mol. The molecule has 2 aliphatic rings. The largest absolute Gasteiger partial charge is 0.381 e. The Morgan fingerprint density at radius 1 is 1.17 bits per heavy atom. The van der Waals surface area contributed by atoms with Crippen LogP contribution in [-0.2, 0) is 4.74 Å². The Kier molecular flexibility index (Phi) is 4.68. The molecule has 0 bridgehead atoms. The first-order chi connectivity index (χ1) is 8.51. The van der Waals surface area contributed by atoms with Crippen LogP contribution in [0, 0.1) is 5.92 Å². The zero-order valence-corrected chi connectivity index (χ0v) is 12.7. The summed E-state index contributed by atoms with van der Waals surface area (Å²) < 4.78 is 5.41. The predicted octanol–water partition coefficient (Wildman–Crippen LogP) is 2.21. The van der Waals surface area contributed by atoms with Crippen molar-refractivity contribution in [3.05, 3.63) is 0 Å². The van der Waals surface area contributed by atoms with Crippen LogP contribution in [0.15, 0.2) is 0 Å². The van der Waals surface area contributed by atoms with Crippen molar-refractivity contribution in [3.63, 3.8) is 0 Å². The smallest absolute Gasteiger partial charge is 0.0601 e. The monoisotopic (exact) mass is 254 g/mol. The minimum Gasteiger partial charge on any atom is -0.381 e. The maximum absolute atomic E-state index is 5.41. The summed E-state index contributed by atoms with van der Waals surface area (Å²) in [6, 6.07) is 2.15. The third-order valence-electron chi connectivity index (χ3n) is 4.72. The van der Waals surface area contributed by atoms with E-state index >= 15 is 0 Å². The summed E-state index contributed by atoms with van der Waals surface area (Å²) in [5.74, 6) is 0.886. The van der Waals surface area contributed by atoms with E-state index in [0.29, 0.717) is 12.1 Å². The van der Waals surface area contributed by atoms with Gasteiger partial charge in [-0.25, -0.2) is 0 Å². The molecule has 2 fully saturated rings. The summed E-state index contributed by atoms with van der Waals surface area (Å²) in [5.41, 5.74) is 0. The highest BCUT2D eigenvalue weighted by Crippen LogP contribution is 2.31. The number of likely N-dealkylation sites (tertiary alicyclic amines) is 1. The molecular formula is C15H30N2O. The molecule has 1 aliphatic carbocycles. The fourth-order valence-electron chi connectivity index (χ4n) is 3.23. The standard InChI is InChI=1S/C15H30N2O/c1-11(2)16-8-13(9-16)10-17(12(3)4)14-6-15(7-14)18-5/h11-15H,6-10H2,1-5H3. The van der Waals surface area contributed by atoms with Crippen molar-refractivity contribution >= 4 is 0 Å². The molecule has 3 nitrogen and oxygen atoms in total. The second-order valence-electron chi connectivity index (χ2n) is 6.69. The Balaban J connectivity index is 1.75. The van der Waals surface area contributed by atoms with Crippen molar-refractivity contribution in [1.29, 1.82) is 0 Å². The molecule has 0 aromatic rings. The second kappa shape index (κ2) is 5.89. The van der Waals surface area contributed by atoms with E-state index in [1.54, 1.807) is 0 Å². The first kappa shape index (κ1) is 14.3. The quantitative estimate of drug-likeness (QED) is 0.723. The molecule has 0 radical (unpaired) electrons. The third kappa shape index (κ3) is 3.06. The highest BCUT2D eigenvalue weighted by Gasteiger charge is 2.38. The normalized spacial score (nSPS) is 30.0. The van der Waals surface area contributed by atoms with Gasteiger partial charge in [0.15, 0.2) is 0 Å². The van der Waals surface area contributed by atoms with E-state index in [-0.39, 0.29) is 0 Å². The van der Waals surface area contributed by atoms with Crippen molar-refractivity contribution in [3.8, 4) is 0 Å². The molecule has 2 rings (SSSR count). The Hall–Kier alpha value is -0.120. The average Bonchev–Trinajstić information content (AvgIpc) is 2.16. The zero-order valence-electron chi connectivity index (χ0n) is 12.7. The topological polar surface area (TPSA) is 15.7 Å². The van der Waals surface area contributed by atoms with E-state index in [2.05, 4.69) is 37.5 Å². The van der Waals surface area contributed by atoms with Crippen LogP contribution in [0.1, 0.15) is 40.5 Å². The van der Waals surface area contributed by atoms with E-state index in [1.807, 2.05) is 7.11 Å². The molecule has 1 saturated heterocycles. The van der Waals surface area contributed by atoms with Crippen LogP contribution < -0.4 is 0 Å². The number of nitrogens with zero attached hydrogens (tertiary/aromatic N) is 2. The number of hydrogen-bond acceptors (Lipinski definition) is 3. The van der Waals surface area contributed by atoms with Gasteiger partial charge in [0, 0.05) is 44.9 Å². The van der Waals surface area contributed by atoms with E-state index in [9.17, 15) is 0 Å². The summed E-state index contributed by atoms with van der Waals surface area (Å²) in [5, 5.41) is 0. The molecule has 0 atom stereocenters. The Morgan fingerprint density at radius 2 is 1.78 bits per heavy atom. The fourth-order valence-corrected chi connectivity index (χ4v) is 3.23. The zero-order chi connectivity index (χ0) is 13.3. The second-order valence-corrected chi connectivity index (χ2v) is 6.69. The predicted molar refractivity (Wildman–Crippen MR) is 75.9 cm³/mol. The minimum atomic E-state index is 0.518. The van der Waals surface area contributed by atoms with Gasteiger partial charge in [-0.15, -0.1) is 0 Å². The van der Waals surface area contributed by atoms with Crippen LogP contribution in [-0.4, -0.2) is 60.8 Å². The number of methoxy groups -OCH3 is 1. The molecule has 0 spiro atoms. The third-order valence-corrected chi connectivity index (χ3v) is 4.72. The Morgan fingerprint density at radius 3 is 2.22 bits per heavy atom. The van der Waals surface area contributed by atoms with Crippen molar-refractivity contribution in [2.24, 2.45) is 5.92 Å². The van der Waals surface area contributed by atoms with Crippen LogP contribution in [0.25, 0.3) is 0 Å². The van der Waals surface area contributed by atoms with Crippen molar-refractivity contribution < 1.29 is 4.74 Å². The van der Waals surface area contributed by atoms with Gasteiger partial charge in [0.2, 0.25) is 0 Å². The lowest BCUT2D eigenvalue weighted by atomic mass is 9.85. The van der Waals surface area contributed by atoms with Crippen LogP contribution in [0.2, 0.25) is 0 Å². The van der Waals surface area contributed by atoms with Gasteiger partial charge in [0.1, 0.15) is 0 Å². The summed E-state index contributed by atoms with van der Waals surface area (Å²) in [6.07, 6.45) is 2.98. The first-order valence-corrected chi connectivity index (χ1v) is 7.53. The molecule has 0 amide bonds. The molecule has 18 heavy (non-hydrogen) atoms. The van der Waals surface area contributed by atoms with E-state index < -0.39 is 0 Å². The van der Waals surface area contributed by atoms with Crippen molar-refractivity contribution in [1.82, 2.24) is 9.80 Å². The molecule has 0 aromatic carbocycles. The SMILES string of the molecule is COC1CC(N(CC2CN(C(C)C)C2)C(C)C)C1. The molecule has 0 aromatic heterocycles. The summed E-state index contributed by atoms with van der Waals surface area (Å²) in [7, 11) is 1.84.